The molecule has 0 aromatic heterocycles. The molecule has 94 valence electrons. The van der Waals surface area contributed by atoms with Gasteiger partial charge in [-0.15, -0.1) is 6.58 Å². The Kier molecular flexibility index (Phi) is 4.22. The smallest absolute Gasteiger partial charge is 0.324 e. The molecule has 0 aliphatic carbocycles. The van der Waals surface area contributed by atoms with Crippen molar-refractivity contribution in [1.29, 1.82) is 0 Å². The van der Waals surface area contributed by atoms with Gasteiger partial charge in [-0.05, 0) is 25.0 Å². The van der Waals surface area contributed by atoms with Gasteiger partial charge in [0.05, 0.1) is 10.6 Å². The molecule has 1 nitrogen and oxygen atoms in total. The van der Waals surface area contributed by atoms with E-state index in [0.717, 1.165) is 11.6 Å². The van der Waals surface area contributed by atoms with Gasteiger partial charge in [0.15, 0.2) is 0 Å². The van der Waals surface area contributed by atoms with Crippen LogP contribution in [-0.2, 0) is 6.18 Å². The predicted octanol–water partition coefficient (Wildman–Crippen LogP) is 4.32. The Bertz CT molecular complexity index is 426. The van der Waals surface area contributed by atoms with Crippen molar-refractivity contribution in [3.63, 3.8) is 0 Å². The van der Waals surface area contributed by atoms with Crippen molar-refractivity contribution in [3.8, 4) is 0 Å². The highest BCUT2D eigenvalue weighted by atomic mass is 35.5. The quantitative estimate of drug-likeness (QED) is 0.808. The van der Waals surface area contributed by atoms with Crippen LogP contribution in [0.15, 0.2) is 30.4 Å². The molecule has 0 spiro atoms. The first-order valence-electron chi connectivity index (χ1n) is 4.99. The predicted molar refractivity (Wildman–Crippen MR) is 62.8 cm³/mol. The summed E-state index contributed by atoms with van der Waals surface area (Å²) in [5.41, 5.74) is 6.04. The summed E-state index contributed by atoms with van der Waals surface area (Å²) in [7, 11) is 0. The maximum atomic E-state index is 12.6. The lowest BCUT2D eigenvalue weighted by molar-refractivity contribution is -0.137. The van der Waals surface area contributed by atoms with E-state index in [-0.39, 0.29) is 5.02 Å². The van der Waals surface area contributed by atoms with Crippen LogP contribution in [0.5, 0.6) is 0 Å². The highest BCUT2D eigenvalue weighted by molar-refractivity contribution is 6.32. The van der Waals surface area contributed by atoms with Gasteiger partial charge in [0, 0.05) is 6.04 Å². The van der Waals surface area contributed by atoms with Crippen molar-refractivity contribution in [3.05, 3.63) is 46.5 Å². The fraction of sp³-hybridized carbons (Fsp3) is 0.333. The monoisotopic (exact) mass is 263 g/mol. The van der Waals surface area contributed by atoms with Crippen LogP contribution in [0.4, 0.5) is 13.2 Å². The van der Waals surface area contributed by atoms with Gasteiger partial charge in [0.2, 0.25) is 0 Å². The number of benzene rings is 1. The van der Waals surface area contributed by atoms with Crippen molar-refractivity contribution >= 4 is 11.6 Å². The largest absolute Gasteiger partial charge is 0.417 e. The average Bonchev–Trinajstić information content (AvgIpc) is 2.14. The summed E-state index contributed by atoms with van der Waals surface area (Å²) in [6, 6.07) is 3.19. The van der Waals surface area contributed by atoms with Gasteiger partial charge in [0.1, 0.15) is 0 Å². The summed E-state index contributed by atoms with van der Waals surface area (Å²) in [4.78, 5) is 0. The van der Waals surface area contributed by atoms with E-state index in [2.05, 4.69) is 6.58 Å². The molecule has 17 heavy (non-hydrogen) atoms. The molecule has 0 aliphatic rings. The summed E-state index contributed by atoms with van der Waals surface area (Å²) in [5, 5.41) is -0.325. The fourth-order valence-electron chi connectivity index (χ4n) is 1.54. The zero-order valence-electron chi connectivity index (χ0n) is 9.31. The Labute approximate surface area is 103 Å². The molecular weight excluding hydrogens is 251 g/mol. The van der Waals surface area contributed by atoms with E-state index in [9.17, 15) is 13.2 Å². The zero-order chi connectivity index (χ0) is 13.2. The summed E-state index contributed by atoms with van der Waals surface area (Å²) in [6.07, 6.45) is -4.06. The van der Waals surface area contributed by atoms with Gasteiger partial charge >= 0.3 is 6.18 Å². The Morgan fingerprint density at radius 2 is 2.06 bits per heavy atom. The lowest BCUT2D eigenvalue weighted by Crippen LogP contribution is -2.14. The molecule has 0 bridgehead atoms. The molecule has 5 heteroatoms. The second kappa shape index (κ2) is 5.10. The van der Waals surface area contributed by atoms with Crippen LogP contribution in [0, 0.1) is 0 Å². The van der Waals surface area contributed by atoms with Crippen molar-refractivity contribution in [1.82, 2.24) is 0 Å². The Morgan fingerprint density at radius 3 is 2.53 bits per heavy atom. The van der Waals surface area contributed by atoms with Crippen LogP contribution in [0.2, 0.25) is 5.02 Å². The van der Waals surface area contributed by atoms with E-state index >= 15 is 0 Å². The molecule has 0 unspecified atom stereocenters. The number of hydrogen-bond acceptors (Lipinski definition) is 1. The fourth-order valence-corrected chi connectivity index (χ4v) is 1.91. The van der Waals surface area contributed by atoms with Crippen molar-refractivity contribution in [2.24, 2.45) is 5.73 Å². The van der Waals surface area contributed by atoms with Crippen molar-refractivity contribution in [2.75, 3.05) is 0 Å². The molecule has 0 heterocycles. The molecule has 0 amide bonds. The third-order valence-corrected chi connectivity index (χ3v) is 2.72. The zero-order valence-corrected chi connectivity index (χ0v) is 10.1. The van der Waals surface area contributed by atoms with E-state index in [1.54, 1.807) is 6.92 Å². The Balaban J connectivity index is 3.15. The molecule has 0 radical (unpaired) electrons. The first-order chi connectivity index (χ1) is 7.73. The van der Waals surface area contributed by atoms with Gasteiger partial charge in [-0.25, -0.2) is 0 Å². The number of halogens is 4. The lowest BCUT2D eigenvalue weighted by atomic mass is 9.99. The molecule has 1 aromatic carbocycles. The first-order valence-corrected chi connectivity index (χ1v) is 5.37. The molecule has 0 aliphatic heterocycles. The molecule has 2 N–H and O–H groups in total. The SMILES string of the molecule is C=C(C)C[C@H](N)c1cccc(C(F)(F)F)c1Cl. The summed E-state index contributed by atoms with van der Waals surface area (Å²) >= 11 is 5.74. The first kappa shape index (κ1) is 14.1. The number of hydrogen-bond donors (Lipinski definition) is 1. The van der Waals surface area contributed by atoms with Crippen molar-refractivity contribution in [2.45, 2.75) is 25.6 Å². The molecule has 0 saturated carbocycles. The normalized spacial score (nSPS) is 13.5. The van der Waals surface area contributed by atoms with E-state index in [1.807, 2.05) is 0 Å². The van der Waals surface area contributed by atoms with E-state index < -0.39 is 17.8 Å². The third kappa shape index (κ3) is 3.48. The maximum absolute atomic E-state index is 12.6. The molecular formula is C12H13ClF3N. The summed E-state index contributed by atoms with van der Waals surface area (Å²) in [5.74, 6) is 0. The third-order valence-electron chi connectivity index (χ3n) is 2.30. The van der Waals surface area contributed by atoms with Crippen LogP contribution in [-0.4, -0.2) is 0 Å². The Morgan fingerprint density at radius 1 is 1.47 bits per heavy atom. The average molecular weight is 264 g/mol. The van der Waals surface area contributed by atoms with Gasteiger partial charge in [-0.3, -0.25) is 0 Å². The molecule has 0 fully saturated rings. The minimum Gasteiger partial charge on any atom is -0.324 e. The maximum Gasteiger partial charge on any atom is 0.417 e. The van der Waals surface area contributed by atoms with Crippen LogP contribution in [0.1, 0.15) is 30.5 Å². The molecule has 1 rings (SSSR count). The van der Waals surface area contributed by atoms with Gasteiger partial charge in [0.25, 0.3) is 0 Å². The minimum atomic E-state index is -4.46. The highest BCUT2D eigenvalue weighted by Crippen LogP contribution is 2.38. The molecule has 1 atom stereocenters. The van der Waals surface area contributed by atoms with E-state index in [1.165, 1.54) is 12.1 Å². The lowest BCUT2D eigenvalue weighted by Gasteiger charge is -2.17. The standard InChI is InChI=1S/C12H13ClF3N/c1-7(2)6-10(17)8-4-3-5-9(11(8)13)12(14,15)16/h3-5,10H,1,6,17H2,2H3/t10-/m0/s1. The van der Waals surface area contributed by atoms with Crippen LogP contribution < -0.4 is 5.73 Å². The minimum absolute atomic E-state index is 0.296. The van der Waals surface area contributed by atoms with Crippen LogP contribution in [0.25, 0.3) is 0 Å². The topological polar surface area (TPSA) is 26.0 Å². The molecule has 1 aromatic rings. The van der Waals surface area contributed by atoms with Crippen LogP contribution in [0.3, 0.4) is 0 Å². The highest BCUT2D eigenvalue weighted by Gasteiger charge is 2.34. The number of alkyl halides is 3. The van der Waals surface area contributed by atoms with Crippen LogP contribution >= 0.6 is 11.6 Å². The number of nitrogens with two attached hydrogens (primary N) is 1. The second-order valence-electron chi connectivity index (χ2n) is 3.97. The van der Waals surface area contributed by atoms with E-state index in [4.69, 9.17) is 17.3 Å². The second-order valence-corrected chi connectivity index (χ2v) is 4.35. The Hall–Kier alpha value is -1.00. The summed E-state index contributed by atoms with van der Waals surface area (Å²) < 4.78 is 37.8. The molecule has 0 saturated heterocycles. The van der Waals surface area contributed by atoms with Gasteiger partial charge in [-0.1, -0.05) is 29.3 Å². The van der Waals surface area contributed by atoms with E-state index in [0.29, 0.717) is 12.0 Å². The number of rotatable bonds is 3. The summed E-state index contributed by atoms with van der Waals surface area (Å²) in [6.45, 7) is 5.44. The van der Waals surface area contributed by atoms with Crippen molar-refractivity contribution < 1.29 is 13.2 Å². The van der Waals surface area contributed by atoms with Gasteiger partial charge in [-0.2, -0.15) is 13.2 Å². The van der Waals surface area contributed by atoms with Gasteiger partial charge < -0.3 is 5.73 Å².